The van der Waals surface area contributed by atoms with Crippen LogP contribution in [0.25, 0.3) is 0 Å². The lowest BCUT2D eigenvalue weighted by Crippen LogP contribution is -2.53. The molecule has 1 fully saturated rings. The highest BCUT2D eigenvalue weighted by Crippen LogP contribution is 2.25. The molecule has 1 saturated heterocycles. The highest BCUT2D eigenvalue weighted by molar-refractivity contribution is 5.76. The number of carbonyl (C=O) groups excluding carboxylic acids is 1. The Kier molecular flexibility index (Phi) is 4.89. The third-order valence-corrected chi connectivity index (χ3v) is 5.71. The molecule has 1 aliphatic carbocycles. The van der Waals surface area contributed by atoms with E-state index < -0.39 is 0 Å². The lowest BCUT2D eigenvalue weighted by Gasteiger charge is -2.41. The number of rotatable bonds is 3. The van der Waals surface area contributed by atoms with Crippen molar-refractivity contribution >= 4 is 5.91 Å². The molecule has 5 heteroatoms. The van der Waals surface area contributed by atoms with Gasteiger partial charge in [0.05, 0.1) is 0 Å². The summed E-state index contributed by atoms with van der Waals surface area (Å²) in [5.74, 6) is 0.0342. The van der Waals surface area contributed by atoms with Crippen molar-refractivity contribution in [3.05, 3.63) is 70.1 Å². The minimum atomic E-state index is -0.125. The summed E-state index contributed by atoms with van der Waals surface area (Å²) in [4.78, 5) is 28.7. The lowest BCUT2D eigenvalue weighted by atomic mass is 9.87. The van der Waals surface area contributed by atoms with Crippen LogP contribution in [0.2, 0.25) is 0 Å². The van der Waals surface area contributed by atoms with Crippen LogP contribution < -0.4 is 5.56 Å². The molecule has 2 aliphatic rings. The van der Waals surface area contributed by atoms with Gasteiger partial charge in [-0.1, -0.05) is 30.3 Å². The zero-order valence-corrected chi connectivity index (χ0v) is 15.0. The molecule has 1 aliphatic heterocycles. The zero-order valence-electron chi connectivity index (χ0n) is 15.0. The summed E-state index contributed by atoms with van der Waals surface area (Å²) in [6.45, 7) is 3.47. The molecule has 4 rings (SSSR count). The number of fused-ring (bicyclic) bond motifs is 1. The van der Waals surface area contributed by atoms with E-state index in [0.29, 0.717) is 6.04 Å². The molecule has 136 valence electrons. The van der Waals surface area contributed by atoms with Gasteiger partial charge in [-0.3, -0.25) is 14.5 Å². The number of piperazine rings is 1. The third kappa shape index (κ3) is 3.58. The molecule has 1 atom stereocenters. The van der Waals surface area contributed by atoms with Crippen LogP contribution in [0.3, 0.4) is 0 Å². The molecule has 1 aromatic carbocycles. The van der Waals surface area contributed by atoms with Crippen molar-refractivity contribution in [2.75, 3.05) is 26.2 Å². The Hall–Kier alpha value is -2.40. The van der Waals surface area contributed by atoms with E-state index >= 15 is 0 Å². The van der Waals surface area contributed by atoms with Crippen LogP contribution in [0.1, 0.15) is 17.5 Å². The Morgan fingerprint density at radius 3 is 2.46 bits per heavy atom. The van der Waals surface area contributed by atoms with Crippen LogP contribution in [-0.4, -0.2) is 52.5 Å². The van der Waals surface area contributed by atoms with Gasteiger partial charge in [0.25, 0.3) is 5.56 Å². The number of aryl methyl sites for hydroxylation is 1. The van der Waals surface area contributed by atoms with Gasteiger partial charge in [0, 0.05) is 44.5 Å². The van der Waals surface area contributed by atoms with E-state index in [1.807, 2.05) is 4.90 Å². The Morgan fingerprint density at radius 2 is 1.69 bits per heavy atom. The van der Waals surface area contributed by atoms with Gasteiger partial charge in [-0.15, -0.1) is 0 Å². The Labute approximate surface area is 153 Å². The van der Waals surface area contributed by atoms with E-state index in [0.717, 1.165) is 39.0 Å². The van der Waals surface area contributed by atoms with Gasteiger partial charge in [0.15, 0.2) is 0 Å². The maximum atomic E-state index is 12.5. The summed E-state index contributed by atoms with van der Waals surface area (Å²) in [5, 5.41) is 0. The van der Waals surface area contributed by atoms with Gasteiger partial charge in [-0.25, -0.2) is 0 Å². The molecule has 0 spiro atoms. The van der Waals surface area contributed by atoms with Crippen LogP contribution >= 0.6 is 0 Å². The van der Waals surface area contributed by atoms with Gasteiger partial charge >= 0.3 is 0 Å². The maximum Gasteiger partial charge on any atom is 0.250 e. The van der Waals surface area contributed by atoms with Crippen LogP contribution in [0.5, 0.6) is 0 Å². The largest absolute Gasteiger partial charge is 0.339 e. The quantitative estimate of drug-likeness (QED) is 0.843. The van der Waals surface area contributed by atoms with E-state index in [2.05, 4.69) is 29.2 Å². The van der Waals surface area contributed by atoms with E-state index in [4.69, 9.17) is 0 Å². The molecular formula is C21H25N3O2. The highest BCUT2D eigenvalue weighted by atomic mass is 16.2. The Bertz CT molecular complexity index is 837. The SMILES string of the molecule is O=C(Cn1ccccc1=O)N1CCN(C2CCc3ccccc3C2)CC1. The predicted molar refractivity (Wildman–Crippen MR) is 101 cm³/mol. The van der Waals surface area contributed by atoms with E-state index in [-0.39, 0.29) is 18.0 Å². The van der Waals surface area contributed by atoms with Crippen molar-refractivity contribution in [1.29, 1.82) is 0 Å². The van der Waals surface area contributed by atoms with Gasteiger partial charge in [-0.2, -0.15) is 0 Å². The van der Waals surface area contributed by atoms with Crippen molar-refractivity contribution < 1.29 is 4.79 Å². The molecule has 0 bridgehead atoms. The number of pyridine rings is 1. The summed E-state index contributed by atoms with van der Waals surface area (Å²) in [7, 11) is 0. The van der Waals surface area contributed by atoms with Crippen LogP contribution in [0.15, 0.2) is 53.5 Å². The van der Waals surface area contributed by atoms with Crippen molar-refractivity contribution in [2.24, 2.45) is 0 Å². The molecule has 5 nitrogen and oxygen atoms in total. The Balaban J connectivity index is 1.32. The summed E-state index contributed by atoms with van der Waals surface area (Å²) in [5.41, 5.74) is 2.84. The van der Waals surface area contributed by atoms with E-state index in [9.17, 15) is 9.59 Å². The number of hydrogen-bond acceptors (Lipinski definition) is 3. The molecule has 2 aromatic rings. The molecule has 1 aromatic heterocycles. The molecule has 0 saturated carbocycles. The number of aromatic nitrogens is 1. The van der Waals surface area contributed by atoms with Crippen molar-refractivity contribution in [2.45, 2.75) is 31.8 Å². The minimum Gasteiger partial charge on any atom is -0.339 e. The van der Waals surface area contributed by atoms with Crippen LogP contribution in [0.4, 0.5) is 0 Å². The molecule has 0 radical (unpaired) electrons. The predicted octanol–water partition coefficient (Wildman–Crippen LogP) is 1.55. The monoisotopic (exact) mass is 351 g/mol. The fourth-order valence-electron chi connectivity index (χ4n) is 4.16. The molecule has 0 N–H and O–H groups in total. The molecule has 2 heterocycles. The van der Waals surface area contributed by atoms with Gasteiger partial charge in [-0.05, 0) is 36.5 Å². The average Bonchev–Trinajstić information content (AvgIpc) is 2.69. The second kappa shape index (κ2) is 7.46. The number of carbonyl (C=O) groups is 1. The number of hydrogen-bond donors (Lipinski definition) is 0. The topological polar surface area (TPSA) is 45.6 Å². The van der Waals surface area contributed by atoms with Crippen molar-refractivity contribution in [3.63, 3.8) is 0 Å². The second-order valence-corrected chi connectivity index (χ2v) is 7.25. The van der Waals surface area contributed by atoms with E-state index in [1.54, 1.807) is 18.3 Å². The number of amides is 1. The van der Waals surface area contributed by atoms with Gasteiger partial charge in [0.2, 0.25) is 5.91 Å². The number of benzene rings is 1. The molecule has 1 amide bonds. The first-order valence-electron chi connectivity index (χ1n) is 9.45. The second-order valence-electron chi connectivity index (χ2n) is 7.25. The smallest absolute Gasteiger partial charge is 0.250 e. The standard InChI is InChI=1S/C21H25N3O2/c25-20-7-3-4-10-24(20)16-21(26)23-13-11-22(12-14-23)19-9-8-17-5-1-2-6-18(17)15-19/h1-7,10,19H,8-9,11-16H2. The summed E-state index contributed by atoms with van der Waals surface area (Å²) in [6, 6.07) is 14.3. The van der Waals surface area contributed by atoms with Gasteiger partial charge in [0.1, 0.15) is 6.54 Å². The molecule has 26 heavy (non-hydrogen) atoms. The van der Waals surface area contributed by atoms with Gasteiger partial charge < -0.3 is 9.47 Å². The van der Waals surface area contributed by atoms with Crippen LogP contribution in [-0.2, 0) is 24.2 Å². The Morgan fingerprint density at radius 1 is 0.962 bits per heavy atom. The van der Waals surface area contributed by atoms with Crippen molar-refractivity contribution in [3.8, 4) is 0 Å². The first kappa shape index (κ1) is 17.0. The fourth-order valence-corrected chi connectivity index (χ4v) is 4.16. The summed E-state index contributed by atoms with van der Waals surface area (Å²) in [6.07, 6.45) is 5.14. The normalized spacial score (nSPS) is 20.6. The molecular weight excluding hydrogens is 326 g/mol. The third-order valence-electron chi connectivity index (χ3n) is 5.71. The lowest BCUT2D eigenvalue weighted by molar-refractivity contribution is -0.134. The minimum absolute atomic E-state index is 0.0342. The first-order chi connectivity index (χ1) is 12.7. The zero-order chi connectivity index (χ0) is 17.9. The molecule has 1 unspecified atom stereocenters. The average molecular weight is 351 g/mol. The summed E-state index contributed by atoms with van der Waals surface area (Å²) < 4.78 is 1.48. The highest BCUT2D eigenvalue weighted by Gasteiger charge is 2.28. The fraction of sp³-hybridized carbons (Fsp3) is 0.429. The maximum absolute atomic E-state index is 12.5. The summed E-state index contributed by atoms with van der Waals surface area (Å²) >= 11 is 0. The number of nitrogens with zero attached hydrogens (tertiary/aromatic N) is 3. The van der Waals surface area contributed by atoms with Crippen LogP contribution in [0, 0.1) is 0 Å². The van der Waals surface area contributed by atoms with E-state index in [1.165, 1.54) is 28.2 Å². The first-order valence-corrected chi connectivity index (χ1v) is 9.45. The van der Waals surface area contributed by atoms with Crippen molar-refractivity contribution in [1.82, 2.24) is 14.4 Å².